The number of nitrogens with one attached hydrogen (secondary N) is 1. The molecule has 0 atom stereocenters. The van der Waals surface area contributed by atoms with Gasteiger partial charge in [0.05, 0.1) is 11.0 Å². The molecule has 2 nitrogen and oxygen atoms in total. The van der Waals surface area contributed by atoms with Gasteiger partial charge in [-0.25, -0.2) is 0 Å². The van der Waals surface area contributed by atoms with Crippen molar-refractivity contribution in [3.8, 4) is 0 Å². The Balaban J connectivity index is 2.46. The van der Waals surface area contributed by atoms with Crippen LogP contribution in [0.1, 0.15) is 24.0 Å². The SMILES string of the molecule is O=C(Cl)C1(c2cccc(C(F)(F)F)c2)CCNCC1. The van der Waals surface area contributed by atoms with Crippen molar-refractivity contribution in [2.75, 3.05) is 13.1 Å². The van der Waals surface area contributed by atoms with Crippen LogP contribution in [0.5, 0.6) is 0 Å². The molecule has 0 aliphatic carbocycles. The van der Waals surface area contributed by atoms with Crippen LogP contribution in [-0.4, -0.2) is 18.3 Å². The van der Waals surface area contributed by atoms with Gasteiger partial charge in [0, 0.05) is 0 Å². The predicted molar refractivity (Wildman–Crippen MR) is 66.1 cm³/mol. The van der Waals surface area contributed by atoms with Gasteiger partial charge >= 0.3 is 6.18 Å². The molecule has 19 heavy (non-hydrogen) atoms. The summed E-state index contributed by atoms with van der Waals surface area (Å²) >= 11 is 5.67. The molecule has 1 N–H and O–H groups in total. The molecule has 1 aliphatic rings. The highest BCUT2D eigenvalue weighted by molar-refractivity contribution is 6.65. The molecule has 0 unspecified atom stereocenters. The Morgan fingerprint density at radius 2 is 1.89 bits per heavy atom. The zero-order valence-corrected chi connectivity index (χ0v) is 10.8. The highest BCUT2D eigenvalue weighted by Crippen LogP contribution is 2.38. The third-order valence-electron chi connectivity index (χ3n) is 3.58. The molecular weight excluding hydrogens is 279 g/mol. The molecule has 104 valence electrons. The van der Waals surface area contributed by atoms with Crippen molar-refractivity contribution in [3.63, 3.8) is 0 Å². The molecule has 1 fully saturated rings. The van der Waals surface area contributed by atoms with Crippen LogP contribution in [0.3, 0.4) is 0 Å². The average Bonchev–Trinajstić information content (AvgIpc) is 2.38. The Bertz CT molecular complexity index is 481. The van der Waals surface area contributed by atoms with E-state index in [1.807, 2.05) is 0 Å². The van der Waals surface area contributed by atoms with Gasteiger partial charge in [-0.3, -0.25) is 4.79 Å². The van der Waals surface area contributed by atoms with Gasteiger partial charge in [0.2, 0.25) is 5.24 Å². The largest absolute Gasteiger partial charge is 0.416 e. The first kappa shape index (κ1) is 14.3. The molecule has 2 rings (SSSR count). The molecule has 0 amide bonds. The van der Waals surface area contributed by atoms with Crippen LogP contribution in [0.2, 0.25) is 0 Å². The molecule has 1 aromatic rings. The predicted octanol–water partition coefficient (Wildman–Crippen LogP) is 3.09. The molecule has 6 heteroatoms. The van der Waals surface area contributed by atoms with Gasteiger partial charge in [-0.15, -0.1) is 0 Å². The van der Waals surface area contributed by atoms with E-state index in [2.05, 4.69) is 5.32 Å². The van der Waals surface area contributed by atoms with E-state index in [4.69, 9.17) is 11.6 Å². The molecule has 0 bridgehead atoms. The lowest BCUT2D eigenvalue weighted by molar-refractivity contribution is -0.137. The van der Waals surface area contributed by atoms with E-state index < -0.39 is 22.4 Å². The minimum atomic E-state index is -4.42. The maximum atomic E-state index is 12.7. The highest BCUT2D eigenvalue weighted by Gasteiger charge is 2.41. The molecule has 1 heterocycles. The Labute approximate surface area is 113 Å². The van der Waals surface area contributed by atoms with Gasteiger partial charge in [0.25, 0.3) is 0 Å². The van der Waals surface area contributed by atoms with Crippen molar-refractivity contribution in [1.29, 1.82) is 0 Å². The van der Waals surface area contributed by atoms with Crippen molar-refractivity contribution in [2.45, 2.75) is 24.4 Å². The lowest BCUT2D eigenvalue weighted by Gasteiger charge is -2.35. The number of alkyl halides is 3. The molecule has 0 saturated carbocycles. The van der Waals surface area contributed by atoms with Crippen molar-refractivity contribution < 1.29 is 18.0 Å². The normalized spacial score (nSPS) is 19.2. The Hall–Kier alpha value is -1.07. The van der Waals surface area contributed by atoms with Crippen LogP contribution in [0.15, 0.2) is 24.3 Å². The summed E-state index contributed by atoms with van der Waals surface area (Å²) in [5.74, 6) is 0. The summed E-state index contributed by atoms with van der Waals surface area (Å²) in [4.78, 5) is 11.7. The van der Waals surface area contributed by atoms with Gasteiger partial charge in [-0.05, 0) is 49.2 Å². The minimum Gasteiger partial charge on any atom is -0.317 e. The maximum absolute atomic E-state index is 12.7. The summed E-state index contributed by atoms with van der Waals surface area (Å²) in [5, 5.41) is 2.49. The number of piperidine rings is 1. The van der Waals surface area contributed by atoms with E-state index in [-0.39, 0.29) is 0 Å². The third kappa shape index (κ3) is 2.77. The minimum absolute atomic E-state index is 0.351. The monoisotopic (exact) mass is 291 g/mol. The summed E-state index contributed by atoms with van der Waals surface area (Å²) in [5.41, 5.74) is -1.40. The molecule has 0 spiro atoms. The van der Waals surface area contributed by atoms with Gasteiger partial charge < -0.3 is 5.32 Å². The number of carbonyl (C=O) groups is 1. The van der Waals surface area contributed by atoms with Crippen LogP contribution in [0, 0.1) is 0 Å². The van der Waals surface area contributed by atoms with E-state index >= 15 is 0 Å². The van der Waals surface area contributed by atoms with E-state index in [1.54, 1.807) is 6.07 Å². The van der Waals surface area contributed by atoms with Crippen molar-refractivity contribution >= 4 is 16.8 Å². The van der Waals surface area contributed by atoms with Crippen molar-refractivity contribution in [2.24, 2.45) is 0 Å². The fraction of sp³-hybridized carbons (Fsp3) is 0.462. The Kier molecular flexibility index (Phi) is 3.87. The summed E-state index contributed by atoms with van der Waals surface area (Å²) in [6.45, 7) is 1.13. The first-order valence-electron chi connectivity index (χ1n) is 5.95. The van der Waals surface area contributed by atoms with Crippen LogP contribution < -0.4 is 5.32 Å². The summed E-state index contributed by atoms with van der Waals surface area (Å²) in [6.07, 6.45) is -3.59. The first-order chi connectivity index (χ1) is 8.86. The summed E-state index contributed by atoms with van der Waals surface area (Å²) in [6, 6.07) is 4.89. The molecule has 1 aliphatic heterocycles. The van der Waals surface area contributed by atoms with Crippen LogP contribution in [0.4, 0.5) is 13.2 Å². The van der Waals surface area contributed by atoms with Crippen LogP contribution in [-0.2, 0) is 16.4 Å². The van der Waals surface area contributed by atoms with E-state index in [1.165, 1.54) is 6.07 Å². The fourth-order valence-electron chi connectivity index (χ4n) is 2.45. The number of hydrogen-bond donors (Lipinski definition) is 1. The molecule has 0 radical (unpaired) electrons. The van der Waals surface area contributed by atoms with Crippen molar-refractivity contribution in [3.05, 3.63) is 35.4 Å². The first-order valence-corrected chi connectivity index (χ1v) is 6.32. The molecule has 1 aromatic carbocycles. The number of rotatable bonds is 2. The lowest BCUT2D eigenvalue weighted by atomic mass is 9.74. The highest BCUT2D eigenvalue weighted by atomic mass is 35.5. The number of halogens is 4. The molecule has 0 aromatic heterocycles. The van der Waals surface area contributed by atoms with E-state index in [0.717, 1.165) is 12.1 Å². The number of benzene rings is 1. The summed E-state index contributed by atoms with van der Waals surface area (Å²) in [7, 11) is 0. The second-order valence-corrected chi connectivity index (χ2v) is 5.03. The molecule has 1 saturated heterocycles. The van der Waals surface area contributed by atoms with Gasteiger partial charge in [-0.2, -0.15) is 13.2 Å². The van der Waals surface area contributed by atoms with Gasteiger partial charge in [0.15, 0.2) is 0 Å². The zero-order valence-electron chi connectivity index (χ0n) is 10.1. The molecular formula is C13H13ClF3NO. The lowest BCUT2D eigenvalue weighted by Crippen LogP contribution is -2.44. The van der Waals surface area contributed by atoms with E-state index in [9.17, 15) is 18.0 Å². The fourth-order valence-corrected chi connectivity index (χ4v) is 2.74. The number of hydrogen-bond acceptors (Lipinski definition) is 2. The quantitative estimate of drug-likeness (QED) is 0.849. The zero-order chi connectivity index (χ0) is 14.1. The van der Waals surface area contributed by atoms with E-state index in [0.29, 0.717) is 31.5 Å². The van der Waals surface area contributed by atoms with Crippen LogP contribution in [0.25, 0.3) is 0 Å². The average molecular weight is 292 g/mol. The Morgan fingerprint density at radius 1 is 1.26 bits per heavy atom. The second-order valence-electron chi connectivity index (χ2n) is 4.68. The van der Waals surface area contributed by atoms with Gasteiger partial charge in [-0.1, -0.05) is 18.2 Å². The topological polar surface area (TPSA) is 29.1 Å². The second kappa shape index (κ2) is 5.13. The van der Waals surface area contributed by atoms with Crippen molar-refractivity contribution in [1.82, 2.24) is 5.32 Å². The van der Waals surface area contributed by atoms with Gasteiger partial charge in [0.1, 0.15) is 0 Å². The van der Waals surface area contributed by atoms with Crippen LogP contribution >= 0.6 is 11.6 Å². The third-order valence-corrected chi connectivity index (χ3v) is 3.94. The smallest absolute Gasteiger partial charge is 0.317 e. The Morgan fingerprint density at radius 3 is 2.42 bits per heavy atom. The number of carbonyl (C=O) groups excluding carboxylic acids is 1. The maximum Gasteiger partial charge on any atom is 0.416 e. The standard InChI is InChI=1S/C13H13ClF3NO/c14-11(19)12(4-6-18-7-5-12)9-2-1-3-10(8-9)13(15,16)17/h1-3,8,18H,4-7H2. The summed E-state index contributed by atoms with van der Waals surface area (Å²) < 4.78 is 38.2.